The number of aromatic nitrogens is 5. The number of aromatic carboxylic acids is 1. The van der Waals surface area contributed by atoms with Crippen molar-refractivity contribution in [1.29, 1.82) is 0 Å². The molecule has 0 saturated heterocycles. The molecule has 5 rings (SSSR count). The molecule has 0 aromatic carbocycles. The van der Waals surface area contributed by atoms with Crippen LogP contribution in [-0.4, -0.2) is 42.9 Å². The molecular formula is C24H18ClN5O4. The highest BCUT2D eigenvalue weighted by Crippen LogP contribution is 2.39. The van der Waals surface area contributed by atoms with E-state index in [0.717, 1.165) is 27.8 Å². The Balaban J connectivity index is 1.83. The fraction of sp³-hybridized carbons (Fsp3) is 0.125. The monoisotopic (exact) mass is 475 g/mol. The summed E-state index contributed by atoms with van der Waals surface area (Å²) in [5.41, 5.74) is 5.02. The lowest BCUT2D eigenvalue weighted by Gasteiger charge is -2.08. The van der Waals surface area contributed by atoms with Gasteiger partial charge in [-0.05, 0) is 26.0 Å². The second kappa shape index (κ2) is 8.27. The number of hydrogen-bond acceptors (Lipinski definition) is 7. The summed E-state index contributed by atoms with van der Waals surface area (Å²) in [5.74, 6) is -0.0879. The Morgan fingerprint density at radius 1 is 1.15 bits per heavy atom. The Bertz CT molecular complexity index is 1550. The molecule has 0 spiro atoms. The molecule has 0 unspecified atom stereocenters. The normalized spacial score (nSPS) is 11.2. The number of fused-ring (bicyclic) bond motifs is 1. The average Bonchev–Trinajstić information content (AvgIpc) is 3.37. The quantitative estimate of drug-likeness (QED) is 0.372. The molecule has 34 heavy (non-hydrogen) atoms. The number of carbonyl (C=O) groups is 1. The van der Waals surface area contributed by atoms with Crippen LogP contribution in [0.25, 0.3) is 39.0 Å². The largest absolute Gasteiger partial charge is 0.496 e. The Hall–Kier alpha value is -4.24. The maximum absolute atomic E-state index is 11.4. The number of halogens is 1. The molecule has 170 valence electrons. The molecular weight excluding hydrogens is 458 g/mol. The van der Waals surface area contributed by atoms with E-state index in [9.17, 15) is 9.90 Å². The van der Waals surface area contributed by atoms with Gasteiger partial charge in [0.25, 0.3) is 0 Å². The number of ether oxygens (including phenoxy) is 1. The van der Waals surface area contributed by atoms with Gasteiger partial charge in [0.15, 0.2) is 5.69 Å². The van der Waals surface area contributed by atoms with Gasteiger partial charge in [-0.1, -0.05) is 16.8 Å². The molecule has 0 aliphatic heterocycles. The second-order valence-corrected chi connectivity index (χ2v) is 8.02. The van der Waals surface area contributed by atoms with Gasteiger partial charge in [-0.3, -0.25) is 9.55 Å². The lowest BCUT2D eigenvalue weighted by Crippen LogP contribution is -2.01. The maximum atomic E-state index is 11.4. The molecule has 10 heteroatoms. The Kier molecular flexibility index (Phi) is 5.25. The van der Waals surface area contributed by atoms with Crippen molar-refractivity contribution in [2.24, 2.45) is 0 Å². The van der Waals surface area contributed by atoms with Gasteiger partial charge < -0.3 is 14.4 Å². The van der Waals surface area contributed by atoms with Crippen LogP contribution in [0.1, 0.15) is 21.9 Å². The topological polar surface area (TPSA) is 116 Å². The standard InChI is InChI=1S/C24H18ClN5O4/c1-12-22(13(2)34-29-12)14-6-15-17(16-9-27-19(24(31)32)7-21(16)33-3)11-30(23(15)28-8-14)20-4-5-26-10-18(20)25/h4-11H,1-3H3,(H,31,32). The number of pyridine rings is 3. The highest BCUT2D eigenvalue weighted by atomic mass is 35.5. The van der Waals surface area contributed by atoms with Gasteiger partial charge in [-0.15, -0.1) is 0 Å². The molecule has 5 aromatic heterocycles. The molecule has 0 radical (unpaired) electrons. The number of nitrogens with zero attached hydrogens (tertiary/aromatic N) is 5. The van der Waals surface area contributed by atoms with E-state index >= 15 is 0 Å². The summed E-state index contributed by atoms with van der Waals surface area (Å²) >= 11 is 6.45. The number of aryl methyl sites for hydroxylation is 2. The van der Waals surface area contributed by atoms with Crippen LogP contribution in [-0.2, 0) is 0 Å². The van der Waals surface area contributed by atoms with Crippen LogP contribution < -0.4 is 4.74 Å². The molecule has 0 bridgehead atoms. The molecule has 5 heterocycles. The molecule has 0 atom stereocenters. The number of methoxy groups -OCH3 is 1. The van der Waals surface area contributed by atoms with Crippen LogP contribution in [0.2, 0.25) is 5.02 Å². The first-order valence-electron chi connectivity index (χ1n) is 10.2. The zero-order valence-electron chi connectivity index (χ0n) is 18.4. The number of carboxylic acid groups (broad SMARTS) is 1. The molecule has 5 aromatic rings. The van der Waals surface area contributed by atoms with Gasteiger partial charge in [0.1, 0.15) is 17.2 Å². The van der Waals surface area contributed by atoms with Crippen LogP contribution in [0.4, 0.5) is 0 Å². The fourth-order valence-electron chi connectivity index (χ4n) is 4.03. The number of rotatable bonds is 5. The Morgan fingerprint density at radius 2 is 1.97 bits per heavy atom. The third kappa shape index (κ3) is 3.46. The SMILES string of the molecule is COc1cc(C(=O)O)ncc1-c1cn(-c2ccncc2Cl)c2ncc(-c3c(C)noc3C)cc12. The van der Waals surface area contributed by atoms with E-state index in [1.54, 1.807) is 24.7 Å². The number of hydrogen-bond donors (Lipinski definition) is 1. The van der Waals surface area contributed by atoms with E-state index in [2.05, 4.69) is 15.1 Å². The Labute approximate surface area is 198 Å². The molecule has 0 saturated carbocycles. The minimum absolute atomic E-state index is 0.115. The van der Waals surface area contributed by atoms with Crippen molar-refractivity contribution in [3.8, 4) is 33.7 Å². The van der Waals surface area contributed by atoms with Crippen LogP contribution in [0.3, 0.4) is 0 Å². The van der Waals surface area contributed by atoms with E-state index < -0.39 is 5.97 Å². The van der Waals surface area contributed by atoms with E-state index in [-0.39, 0.29) is 5.69 Å². The first-order valence-corrected chi connectivity index (χ1v) is 10.6. The third-order valence-electron chi connectivity index (χ3n) is 5.57. The van der Waals surface area contributed by atoms with Crippen molar-refractivity contribution in [2.45, 2.75) is 13.8 Å². The summed E-state index contributed by atoms with van der Waals surface area (Å²) in [6.07, 6.45) is 8.32. The van der Waals surface area contributed by atoms with Crippen molar-refractivity contribution < 1.29 is 19.2 Å². The van der Waals surface area contributed by atoms with Crippen LogP contribution in [0.5, 0.6) is 5.75 Å². The van der Waals surface area contributed by atoms with E-state index in [1.165, 1.54) is 19.4 Å². The Morgan fingerprint density at radius 3 is 2.65 bits per heavy atom. The van der Waals surface area contributed by atoms with Gasteiger partial charge in [0.2, 0.25) is 0 Å². The second-order valence-electron chi connectivity index (χ2n) is 7.61. The smallest absolute Gasteiger partial charge is 0.354 e. The van der Waals surface area contributed by atoms with Crippen molar-refractivity contribution in [1.82, 2.24) is 24.7 Å². The minimum Gasteiger partial charge on any atom is -0.496 e. The summed E-state index contributed by atoms with van der Waals surface area (Å²) in [6, 6.07) is 5.17. The van der Waals surface area contributed by atoms with E-state index in [1.807, 2.05) is 30.7 Å². The highest BCUT2D eigenvalue weighted by molar-refractivity contribution is 6.32. The molecule has 9 nitrogen and oxygen atoms in total. The average molecular weight is 476 g/mol. The van der Waals surface area contributed by atoms with Gasteiger partial charge >= 0.3 is 5.97 Å². The van der Waals surface area contributed by atoms with Gasteiger partial charge in [0.05, 0.1) is 23.5 Å². The van der Waals surface area contributed by atoms with Crippen LogP contribution in [0, 0.1) is 13.8 Å². The lowest BCUT2D eigenvalue weighted by atomic mass is 10.0. The highest BCUT2D eigenvalue weighted by Gasteiger charge is 2.21. The van der Waals surface area contributed by atoms with Crippen molar-refractivity contribution >= 4 is 28.6 Å². The third-order valence-corrected chi connectivity index (χ3v) is 5.86. The van der Waals surface area contributed by atoms with E-state index in [4.69, 9.17) is 25.8 Å². The van der Waals surface area contributed by atoms with Gasteiger partial charge in [-0.2, -0.15) is 0 Å². The molecule has 0 aliphatic rings. The summed E-state index contributed by atoms with van der Waals surface area (Å²) in [6.45, 7) is 3.72. The van der Waals surface area contributed by atoms with Crippen LogP contribution >= 0.6 is 11.6 Å². The van der Waals surface area contributed by atoms with Crippen molar-refractivity contribution in [3.63, 3.8) is 0 Å². The predicted octanol–water partition coefficient (Wildman–Crippen LogP) is 5.11. The first-order chi connectivity index (χ1) is 16.4. The van der Waals surface area contributed by atoms with Crippen molar-refractivity contribution in [3.05, 3.63) is 71.4 Å². The first kappa shape index (κ1) is 21.6. The molecule has 0 aliphatic carbocycles. The minimum atomic E-state index is -1.14. The van der Waals surface area contributed by atoms with Crippen LogP contribution in [0.15, 0.2) is 53.7 Å². The zero-order valence-corrected chi connectivity index (χ0v) is 19.2. The fourth-order valence-corrected chi connectivity index (χ4v) is 4.24. The van der Waals surface area contributed by atoms with Gasteiger partial charge in [-0.25, -0.2) is 14.8 Å². The summed E-state index contributed by atoms with van der Waals surface area (Å²) in [7, 11) is 1.48. The molecule has 0 amide bonds. The predicted molar refractivity (Wildman–Crippen MR) is 126 cm³/mol. The molecule has 0 fully saturated rings. The lowest BCUT2D eigenvalue weighted by molar-refractivity contribution is 0.0690. The van der Waals surface area contributed by atoms with Crippen molar-refractivity contribution in [2.75, 3.05) is 7.11 Å². The molecule has 1 N–H and O–H groups in total. The zero-order chi connectivity index (χ0) is 24.0. The summed E-state index contributed by atoms with van der Waals surface area (Å²) in [4.78, 5) is 24.3. The van der Waals surface area contributed by atoms with E-state index in [0.29, 0.717) is 33.4 Å². The van der Waals surface area contributed by atoms with Gasteiger partial charge in [0, 0.05) is 64.7 Å². The summed E-state index contributed by atoms with van der Waals surface area (Å²) in [5, 5.41) is 14.6. The summed E-state index contributed by atoms with van der Waals surface area (Å²) < 4.78 is 12.7. The maximum Gasteiger partial charge on any atom is 0.354 e. The number of carboxylic acids is 1.